The third kappa shape index (κ3) is 1.87. The Balaban J connectivity index is 2.13. The first kappa shape index (κ1) is 11.5. The minimum absolute atomic E-state index is 0.0983. The first-order chi connectivity index (χ1) is 8.65. The van der Waals surface area contributed by atoms with Gasteiger partial charge in [-0.3, -0.25) is 9.36 Å². The van der Waals surface area contributed by atoms with Gasteiger partial charge in [-0.15, -0.1) is 11.3 Å². The Morgan fingerprint density at radius 3 is 3.11 bits per heavy atom. The number of H-pyrrole nitrogens is 1. The lowest BCUT2D eigenvalue weighted by molar-refractivity contribution is 0.464. The third-order valence-corrected chi connectivity index (χ3v) is 4.12. The molecular formula is C10H6BrFN4OS. The van der Waals surface area contributed by atoms with Crippen LogP contribution in [-0.4, -0.2) is 19.5 Å². The van der Waals surface area contributed by atoms with Crippen molar-refractivity contribution in [2.24, 2.45) is 0 Å². The molecule has 8 heteroatoms. The predicted molar refractivity (Wildman–Crippen MR) is 69.2 cm³/mol. The zero-order chi connectivity index (χ0) is 12.7. The number of hydrogen-bond donors (Lipinski definition) is 1. The van der Waals surface area contributed by atoms with Crippen LogP contribution in [0.3, 0.4) is 0 Å². The van der Waals surface area contributed by atoms with Gasteiger partial charge >= 0.3 is 0 Å². The molecule has 0 atom stereocenters. The topological polar surface area (TPSA) is 63.6 Å². The Labute approximate surface area is 112 Å². The van der Waals surface area contributed by atoms with Gasteiger partial charge in [-0.05, 0) is 22.0 Å². The molecule has 0 unspecified atom stereocenters. The van der Waals surface area contributed by atoms with Crippen LogP contribution < -0.4 is 5.56 Å². The van der Waals surface area contributed by atoms with E-state index in [0.717, 1.165) is 13.9 Å². The molecule has 0 amide bonds. The third-order valence-electron chi connectivity index (χ3n) is 2.43. The van der Waals surface area contributed by atoms with Crippen molar-refractivity contribution in [3.05, 3.63) is 43.6 Å². The fourth-order valence-corrected chi connectivity index (χ4v) is 3.06. The monoisotopic (exact) mass is 328 g/mol. The van der Waals surface area contributed by atoms with Gasteiger partial charge in [0.05, 0.1) is 12.9 Å². The molecule has 0 radical (unpaired) electrons. The molecule has 3 aromatic heterocycles. The lowest BCUT2D eigenvalue weighted by Crippen LogP contribution is -2.25. The van der Waals surface area contributed by atoms with E-state index < -0.39 is 11.6 Å². The van der Waals surface area contributed by atoms with Gasteiger partial charge < -0.3 is 4.98 Å². The van der Waals surface area contributed by atoms with E-state index in [1.165, 1.54) is 17.7 Å². The van der Waals surface area contributed by atoms with Gasteiger partial charge in [0, 0.05) is 14.7 Å². The fraction of sp³-hybridized carbons (Fsp3) is 0.100. The maximum Gasteiger partial charge on any atom is 0.294 e. The van der Waals surface area contributed by atoms with E-state index in [0.29, 0.717) is 0 Å². The van der Waals surface area contributed by atoms with Crippen LogP contribution in [0.2, 0.25) is 0 Å². The molecule has 0 saturated heterocycles. The van der Waals surface area contributed by atoms with E-state index in [4.69, 9.17) is 0 Å². The van der Waals surface area contributed by atoms with Crippen molar-refractivity contribution >= 4 is 38.4 Å². The molecule has 0 aliphatic carbocycles. The molecule has 18 heavy (non-hydrogen) atoms. The number of aromatic amines is 1. The Bertz CT molecular complexity index is 778. The maximum atomic E-state index is 13.7. The van der Waals surface area contributed by atoms with Crippen molar-refractivity contribution in [3.8, 4) is 0 Å². The zero-order valence-electron chi connectivity index (χ0n) is 8.85. The molecule has 0 fully saturated rings. The Morgan fingerprint density at radius 1 is 1.56 bits per heavy atom. The first-order valence-corrected chi connectivity index (χ1v) is 6.65. The lowest BCUT2D eigenvalue weighted by Gasteiger charge is -2.04. The molecule has 0 bridgehead atoms. The average molecular weight is 329 g/mol. The maximum absolute atomic E-state index is 13.7. The van der Waals surface area contributed by atoms with E-state index in [1.54, 1.807) is 0 Å². The summed E-state index contributed by atoms with van der Waals surface area (Å²) >= 11 is 4.76. The van der Waals surface area contributed by atoms with Gasteiger partial charge in [0.25, 0.3) is 11.6 Å². The highest BCUT2D eigenvalue weighted by atomic mass is 79.9. The molecule has 1 N–H and O–H groups in total. The summed E-state index contributed by atoms with van der Waals surface area (Å²) in [5, 5.41) is 1.88. The van der Waals surface area contributed by atoms with Gasteiger partial charge in [0.2, 0.25) is 0 Å². The van der Waals surface area contributed by atoms with Crippen LogP contribution in [-0.2, 0) is 6.54 Å². The van der Waals surface area contributed by atoms with Crippen LogP contribution >= 0.6 is 27.3 Å². The van der Waals surface area contributed by atoms with Crippen molar-refractivity contribution in [2.45, 2.75) is 6.54 Å². The summed E-state index contributed by atoms with van der Waals surface area (Å²) in [7, 11) is 0. The van der Waals surface area contributed by atoms with Crippen molar-refractivity contribution in [2.75, 3.05) is 0 Å². The summed E-state index contributed by atoms with van der Waals surface area (Å²) < 4.78 is 15.6. The van der Waals surface area contributed by atoms with Crippen LogP contribution in [0.1, 0.15) is 4.88 Å². The number of aromatic nitrogens is 4. The van der Waals surface area contributed by atoms with Crippen molar-refractivity contribution in [1.82, 2.24) is 19.5 Å². The highest BCUT2D eigenvalue weighted by Gasteiger charge is 2.13. The second-order valence-corrected chi connectivity index (χ2v) is 5.52. The van der Waals surface area contributed by atoms with Gasteiger partial charge in [-0.2, -0.15) is 9.37 Å². The molecule has 0 aliphatic heterocycles. The van der Waals surface area contributed by atoms with Crippen LogP contribution in [0, 0.1) is 6.08 Å². The van der Waals surface area contributed by atoms with Gasteiger partial charge in [-0.25, -0.2) is 4.98 Å². The number of rotatable bonds is 2. The highest BCUT2D eigenvalue weighted by Crippen LogP contribution is 2.20. The second-order valence-electron chi connectivity index (χ2n) is 3.60. The summed E-state index contributed by atoms with van der Waals surface area (Å²) in [5.74, 6) is 0. The van der Waals surface area contributed by atoms with Crippen LogP contribution in [0.4, 0.5) is 4.39 Å². The summed E-state index contributed by atoms with van der Waals surface area (Å²) in [4.78, 5) is 23.0. The van der Waals surface area contributed by atoms with E-state index in [-0.39, 0.29) is 17.7 Å². The molecule has 5 nitrogen and oxygen atoms in total. The summed E-state index contributed by atoms with van der Waals surface area (Å²) in [6.45, 7) is 0.156. The molecule has 3 rings (SSSR count). The zero-order valence-corrected chi connectivity index (χ0v) is 11.3. The lowest BCUT2D eigenvalue weighted by atomic mass is 10.4. The fourth-order valence-electron chi connectivity index (χ4n) is 1.63. The van der Waals surface area contributed by atoms with Gasteiger partial charge in [0.1, 0.15) is 0 Å². The minimum Gasteiger partial charge on any atom is -0.339 e. The van der Waals surface area contributed by atoms with Gasteiger partial charge in [0.15, 0.2) is 11.2 Å². The normalized spacial score (nSPS) is 11.2. The number of halogens is 2. The summed E-state index contributed by atoms with van der Waals surface area (Å²) in [5.41, 5.74) is -0.146. The molecule has 92 valence electrons. The van der Waals surface area contributed by atoms with Crippen molar-refractivity contribution in [3.63, 3.8) is 0 Å². The van der Waals surface area contributed by atoms with Crippen LogP contribution in [0.15, 0.2) is 27.0 Å². The van der Waals surface area contributed by atoms with E-state index >= 15 is 0 Å². The van der Waals surface area contributed by atoms with Gasteiger partial charge in [-0.1, -0.05) is 0 Å². The number of hydrogen-bond acceptors (Lipinski definition) is 4. The first-order valence-electron chi connectivity index (χ1n) is 4.97. The van der Waals surface area contributed by atoms with Crippen LogP contribution in [0.25, 0.3) is 11.2 Å². The number of imidazole rings is 1. The Kier molecular flexibility index (Phi) is 2.75. The quantitative estimate of drug-likeness (QED) is 0.733. The van der Waals surface area contributed by atoms with Crippen molar-refractivity contribution in [1.29, 1.82) is 0 Å². The summed E-state index contributed by atoms with van der Waals surface area (Å²) in [6.07, 6.45) is 0.494. The standard InChI is InChI=1S/C10H6BrFN4OS/c11-5-1-6(18-3-5)2-16-9(17)7-8(14-4-13-7)15-10(16)12/h1,3-4H,2H2,(H,13,14). The molecule has 3 heterocycles. The highest BCUT2D eigenvalue weighted by molar-refractivity contribution is 9.10. The SMILES string of the molecule is O=c1c2[nH]cnc2nc(F)n1Cc1cc(Br)cs1. The predicted octanol–water partition coefficient (Wildman–Crippen LogP) is 2.13. The smallest absolute Gasteiger partial charge is 0.294 e. The Morgan fingerprint density at radius 2 is 2.39 bits per heavy atom. The number of nitrogens with zero attached hydrogens (tertiary/aromatic N) is 3. The average Bonchev–Trinajstić information content (AvgIpc) is 2.93. The molecular weight excluding hydrogens is 323 g/mol. The number of thiophene rings is 1. The van der Waals surface area contributed by atoms with E-state index in [1.807, 2.05) is 11.4 Å². The largest absolute Gasteiger partial charge is 0.339 e. The van der Waals surface area contributed by atoms with E-state index in [2.05, 4.69) is 30.9 Å². The van der Waals surface area contributed by atoms with E-state index in [9.17, 15) is 9.18 Å². The number of fused-ring (bicyclic) bond motifs is 1. The molecule has 3 aromatic rings. The second kappa shape index (κ2) is 4.29. The molecule has 0 spiro atoms. The number of nitrogens with one attached hydrogen (secondary N) is 1. The van der Waals surface area contributed by atoms with Crippen molar-refractivity contribution < 1.29 is 4.39 Å². The Hall–Kier alpha value is -1.54. The van der Waals surface area contributed by atoms with Crippen LogP contribution in [0.5, 0.6) is 0 Å². The molecule has 0 aliphatic rings. The minimum atomic E-state index is -0.830. The summed E-state index contributed by atoms with van der Waals surface area (Å²) in [6, 6.07) is 1.84. The molecule has 0 aromatic carbocycles. The molecule has 0 saturated carbocycles.